The molecule has 14 heterocycles. The number of thioether (sulfide) groups is 4. The van der Waals surface area contributed by atoms with Gasteiger partial charge in [0.2, 0.25) is 0 Å². The predicted molar refractivity (Wildman–Crippen MR) is 532 cm³/mol. The number of nitrogens with zero attached hydrogens (tertiary/aromatic N) is 16. The lowest BCUT2D eigenvalue weighted by Gasteiger charge is -2.39. The van der Waals surface area contributed by atoms with Crippen LogP contribution in [0.25, 0.3) is 24.3 Å². The maximum Gasteiger partial charge on any atom is 0.415 e. The molecule has 10 saturated heterocycles. The summed E-state index contributed by atoms with van der Waals surface area (Å²) in [4.78, 5) is 135. The van der Waals surface area contributed by atoms with Gasteiger partial charge in [-0.3, -0.25) is 49.0 Å². The van der Waals surface area contributed by atoms with Crippen molar-refractivity contribution in [2.75, 3.05) is 165 Å². The minimum atomic E-state index is -0.580. The molecule has 8 amide bonds. The third kappa shape index (κ3) is 29.2. The van der Waals surface area contributed by atoms with Crippen LogP contribution in [-0.4, -0.2) is 311 Å². The smallest absolute Gasteiger partial charge is 0.409 e. The quantitative estimate of drug-likeness (QED) is 0.0635. The highest BCUT2D eigenvalue weighted by Gasteiger charge is 2.39. The van der Waals surface area contributed by atoms with Gasteiger partial charge in [-0.05, 0) is 302 Å². The lowest BCUT2D eigenvalue weighted by atomic mass is 10.0. The number of carbonyl (C=O) groups is 8. The first-order valence-electron chi connectivity index (χ1n) is 46.1. The number of benzene rings is 4. The maximum absolute atomic E-state index is 14.1. The summed E-state index contributed by atoms with van der Waals surface area (Å²) in [7, 11) is 5.56. The number of likely N-dealkylation sites (tertiary alicyclic amines) is 6. The van der Waals surface area contributed by atoms with E-state index in [4.69, 9.17) is 18.9 Å². The number of rotatable bonds is 15. The standard InChI is InChI=1S/C25H32FN5O3S.2C23H28FN5O3S.C21H28FN5O3S.4CH4/c26-19-7-6-18(16-22-23(32)28-24(35-22)31-13-5-2-10-27-31)21(17-19)34-25(33)30-14-8-20(9-15-30)29-11-3-1-4-12-29;2*24-17-6-5-16(13-20-21(30)26-22(33-20)29-11-2-1-8-25-29)19(14-17)32-23(31)28-12-7-18(15-28)27-9-3-4-10-27;1-25(2)10-6-11-26(3)21(29)30-17-14-16(22)8-7-15(17)13-18-19(28)24-20(31-18)27-12-5-4-9-23-27;;;;/h6-7,16-17,20,27H,1-5,8-15H2;2*5-6,13-14,18,25H,1-4,7-12,15H2;7-8,13-14,23H,4-6,9-12H2,1-3H3;4*1H4/b22-16-;2*20-13-;18-13-;;;;/t;18-;;;;;;/m.1....../s1. The normalized spacial score (nSPS) is 22.4. The fraction of sp³-hybridized carbons (Fsp3) is 0.542. The molecule has 10 fully saturated rings. The van der Waals surface area contributed by atoms with Crippen molar-refractivity contribution in [1.82, 2.24) is 80.9 Å². The van der Waals surface area contributed by atoms with E-state index in [-0.39, 0.29) is 76.3 Å². The van der Waals surface area contributed by atoms with Gasteiger partial charge < -0.3 is 48.3 Å². The molecule has 14 aliphatic heterocycles. The number of amidine groups is 4. The second-order valence-corrected chi connectivity index (χ2v) is 38.7. The largest absolute Gasteiger partial charge is 0.415 e. The number of hydrazine groups is 4. The minimum Gasteiger partial charge on any atom is -0.409 e. The van der Waals surface area contributed by atoms with Crippen LogP contribution in [0.4, 0.5) is 36.7 Å². The molecule has 32 nitrogen and oxygen atoms in total. The molecule has 18 rings (SSSR count). The predicted octanol–water partition coefficient (Wildman–Crippen LogP) is 15.3. The molecule has 0 aliphatic carbocycles. The van der Waals surface area contributed by atoms with Crippen molar-refractivity contribution >= 4 is 140 Å². The molecule has 0 saturated carbocycles. The average Bonchev–Trinajstić information content (AvgIpc) is 1.77. The van der Waals surface area contributed by atoms with E-state index in [0.29, 0.717) is 126 Å². The van der Waals surface area contributed by atoms with Crippen molar-refractivity contribution < 1.29 is 74.9 Å². The fourth-order valence-electron chi connectivity index (χ4n) is 17.6. The zero-order chi connectivity index (χ0) is 92.2. The van der Waals surface area contributed by atoms with Crippen LogP contribution in [-0.2, 0) is 19.2 Å². The van der Waals surface area contributed by atoms with Crippen molar-refractivity contribution in [3.05, 3.63) is 138 Å². The van der Waals surface area contributed by atoms with Crippen molar-refractivity contribution in [3.63, 3.8) is 0 Å². The van der Waals surface area contributed by atoms with Gasteiger partial charge in [0.25, 0.3) is 23.6 Å². The monoisotopic (exact) mass is 1960 g/mol. The van der Waals surface area contributed by atoms with Crippen LogP contribution in [0, 0.1) is 23.3 Å². The summed E-state index contributed by atoms with van der Waals surface area (Å²) in [5, 5.41) is 9.97. The Bertz CT molecular complexity index is 4960. The summed E-state index contributed by atoms with van der Waals surface area (Å²) in [6, 6.07) is 17.2. The number of hydrogen-bond acceptors (Lipinski definition) is 28. The molecule has 4 N–H and O–H groups in total. The van der Waals surface area contributed by atoms with Gasteiger partial charge in [0, 0.05) is 170 Å². The highest BCUT2D eigenvalue weighted by molar-refractivity contribution is 8.19. The van der Waals surface area contributed by atoms with Crippen molar-refractivity contribution in [1.29, 1.82) is 0 Å². The van der Waals surface area contributed by atoms with Gasteiger partial charge in [-0.25, -0.2) is 58.4 Å². The second-order valence-electron chi connectivity index (χ2n) is 34.7. The molecule has 0 radical (unpaired) electrons. The third-order valence-corrected chi connectivity index (χ3v) is 28.9. The summed E-state index contributed by atoms with van der Waals surface area (Å²) in [5.41, 5.74) is 14.8. The highest BCUT2D eigenvalue weighted by Crippen LogP contribution is 2.40. The second kappa shape index (κ2) is 51.8. The molecular formula is C96H132F4N20O12S4. The zero-order valence-corrected chi connectivity index (χ0v) is 78.1. The van der Waals surface area contributed by atoms with E-state index in [2.05, 4.69) is 56.4 Å². The Balaban J connectivity index is 0.000000173. The number of amides is 8. The zero-order valence-electron chi connectivity index (χ0n) is 74.9. The molecule has 1 unspecified atom stereocenters. The third-order valence-electron chi connectivity index (χ3n) is 24.8. The molecule has 0 aromatic heterocycles. The first-order valence-corrected chi connectivity index (χ1v) is 49.3. The molecule has 0 bridgehead atoms. The van der Waals surface area contributed by atoms with E-state index < -0.39 is 47.6 Å². The Labute approximate surface area is 813 Å². The first-order chi connectivity index (χ1) is 64.0. The van der Waals surface area contributed by atoms with Gasteiger partial charge in [-0.1, -0.05) is 36.1 Å². The number of hydrogen-bond donors (Lipinski definition) is 4. The van der Waals surface area contributed by atoms with Crippen molar-refractivity contribution in [3.8, 4) is 23.0 Å². The number of halogens is 4. The summed E-state index contributed by atoms with van der Waals surface area (Å²) in [6.07, 6.45) is 26.0. The van der Waals surface area contributed by atoms with Gasteiger partial charge in [-0.15, -0.1) is 0 Å². The summed E-state index contributed by atoms with van der Waals surface area (Å²) >= 11 is 5.05. The fourth-order valence-corrected chi connectivity index (χ4v) is 21.2. The van der Waals surface area contributed by atoms with E-state index in [1.165, 1.54) is 164 Å². The van der Waals surface area contributed by atoms with Crippen LogP contribution < -0.4 is 40.7 Å². The van der Waals surface area contributed by atoms with E-state index >= 15 is 0 Å². The van der Waals surface area contributed by atoms with E-state index in [1.807, 2.05) is 39.0 Å². The molecule has 136 heavy (non-hydrogen) atoms. The lowest BCUT2D eigenvalue weighted by molar-refractivity contribution is -0.114. The van der Waals surface area contributed by atoms with Crippen LogP contribution in [0.1, 0.15) is 180 Å². The van der Waals surface area contributed by atoms with Crippen LogP contribution in [0.15, 0.2) is 112 Å². The molecule has 40 heteroatoms. The minimum absolute atomic E-state index is 0. The highest BCUT2D eigenvalue weighted by atomic mass is 32.2. The van der Waals surface area contributed by atoms with Crippen molar-refractivity contribution in [2.45, 2.75) is 176 Å². The van der Waals surface area contributed by atoms with E-state index in [9.17, 15) is 55.9 Å². The Morgan fingerprint density at radius 1 is 0.360 bits per heavy atom. The Kier molecular flexibility index (Phi) is 40.6. The molecule has 14 aliphatic rings. The molecule has 4 aromatic carbocycles. The number of aliphatic imine (C=N–C) groups is 4. The number of ether oxygens (including phenoxy) is 4. The Morgan fingerprint density at radius 2 is 0.632 bits per heavy atom. The van der Waals surface area contributed by atoms with Gasteiger partial charge >= 0.3 is 24.4 Å². The van der Waals surface area contributed by atoms with Crippen LogP contribution >= 0.6 is 47.0 Å². The maximum atomic E-state index is 14.1. The number of carbonyl (C=O) groups excluding carboxylic acids is 8. The topological polar surface area (TPSA) is 310 Å². The molecule has 0 spiro atoms. The van der Waals surface area contributed by atoms with Crippen molar-refractivity contribution in [2.24, 2.45) is 20.0 Å². The summed E-state index contributed by atoms with van der Waals surface area (Å²) in [6.45, 7) is 18.3. The Morgan fingerprint density at radius 3 is 0.934 bits per heavy atom. The Hall–Kier alpha value is -9.72. The number of piperidine rings is 2. The number of nitrogens with one attached hydrogen (secondary N) is 4. The molecule has 4 aromatic rings. The van der Waals surface area contributed by atoms with E-state index in [1.54, 1.807) is 46.1 Å². The first kappa shape index (κ1) is 107. The lowest BCUT2D eigenvalue weighted by Crippen LogP contribution is -2.48. The van der Waals surface area contributed by atoms with E-state index in [0.717, 1.165) is 188 Å². The van der Waals surface area contributed by atoms with Gasteiger partial charge in [0.05, 0.1) is 19.6 Å². The van der Waals surface area contributed by atoms with Crippen LogP contribution in [0.5, 0.6) is 23.0 Å². The summed E-state index contributed by atoms with van der Waals surface area (Å²) in [5.74, 6) is -3.06. The average molecular weight is 1960 g/mol. The van der Waals surface area contributed by atoms with Gasteiger partial charge in [0.15, 0.2) is 20.7 Å². The summed E-state index contributed by atoms with van der Waals surface area (Å²) < 4.78 is 78.2. The molecule has 2 atom stereocenters. The van der Waals surface area contributed by atoms with Crippen LogP contribution in [0.2, 0.25) is 0 Å². The SMILES string of the molecule is C.C.C.C.CN(C)CCCN(C)C(=O)Oc1cc(F)ccc1/C=C1\SC(N2CCCCN2)=NC1=O.O=C1N=C(N2CCCCN2)S/C1=C\c1ccc(F)cc1OC(=O)N1CCC(N2CCCC2)C1.O=C1N=C(N2CCCCN2)S/C1=C\c1ccc(F)cc1OC(=O)N1CCC(N2CCCCC2)CC1.O=C1N=C(N2CCCCN2)S/C1=C\c1ccc(F)cc1OC(=O)N1CC[C@@H](N2CCCC2)C1. The van der Waals surface area contributed by atoms with Crippen LogP contribution in [0.3, 0.4) is 0 Å². The molecule has 740 valence electrons. The van der Waals surface area contributed by atoms with Gasteiger partial charge in [-0.2, -0.15) is 20.0 Å². The van der Waals surface area contributed by atoms with Gasteiger partial charge in [0.1, 0.15) is 46.3 Å². The molecular weight excluding hydrogens is 1830 g/mol.